The maximum atomic E-state index is 13.4. The largest absolute Gasteiger partial charge is 0.321 e. The second kappa shape index (κ2) is 7.13. The first-order valence-corrected chi connectivity index (χ1v) is 9.89. The van der Waals surface area contributed by atoms with Crippen LogP contribution in [-0.2, 0) is 4.79 Å². The highest BCUT2D eigenvalue weighted by molar-refractivity contribution is 6.38. The molecule has 0 atom stereocenters. The van der Waals surface area contributed by atoms with Gasteiger partial charge in [0.05, 0.1) is 32.2 Å². The summed E-state index contributed by atoms with van der Waals surface area (Å²) in [6, 6.07) is 19.4. The van der Waals surface area contributed by atoms with E-state index in [1.165, 1.54) is 4.57 Å². The summed E-state index contributed by atoms with van der Waals surface area (Å²) >= 11 is 12.8. The first kappa shape index (κ1) is 18.6. The molecule has 1 aliphatic rings. The zero-order valence-corrected chi connectivity index (χ0v) is 16.9. The SMILES string of the molecule is O=C1Nc2ccccc2/C1=C/c1nc2ccccc2c(=O)n1-c1c(Cl)cccc1Cl. The number of hydrogen-bond donors (Lipinski definition) is 1. The molecule has 3 aromatic carbocycles. The van der Waals surface area contributed by atoms with Crippen LogP contribution in [0.15, 0.2) is 71.5 Å². The van der Waals surface area contributed by atoms with Gasteiger partial charge in [0.1, 0.15) is 5.82 Å². The molecule has 0 fully saturated rings. The molecule has 1 aromatic heterocycles. The van der Waals surface area contributed by atoms with Crippen LogP contribution in [0, 0.1) is 0 Å². The van der Waals surface area contributed by atoms with Gasteiger partial charge in [-0.1, -0.05) is 59.6 Å². The van der Waals surface area contributed by atoms with Gasteiger partial charge in [-0.15, -0.1) is 0 Å². The predicted molar refractivity (Wildman–Crippen MR) is 120 cm³/mol. The molecule has 0 spiro atoms. The average Bonchev–Trinajstić information content (AvgIpc) is 3.05. The summed E-state index contributed by atoms with van der Waals surface area (Å²) in [4.78, 5) is 30.7. The summed E-state index contributed by atoms with van der Waals surface area (Å²) in [5.74, 6) is -0.00836. The second-order valence-electron chi connectivity index (χ2n) is 6.76. The van der Waals surface area contributed by atoms with E-state index < -0.39 is 0 Å². The second-order valence-corrected chi connectivity index (χ2v) is 7.57. The third-order valence-corrected chi connectivity index (χ3v) is 5.56. The van der Waals surface area contributed by atoms with Gasteiger partial charge in [-0.25, -0.2) is 4.98 Å². The molecule has 0 unspecified atom stereocenters. The van der Waals surface area contributed by atoms with Gasteiger partial charge in [-0.05, 0) is 36.4 Å². The van der Waals surface area contributed by atoms with Crippen LogP contribution in [0.5, 0.6) is 0 Å². The molecule has 0 saturated heterocycles. The highest BCUT2D eigenvalue weighted by atomic mass is 35.5. The molecular formula is C23H13Cl2N3O2. The first-order chi connectivity index (χ1) is 14.5. The minimum Gasteiger partial charge on any atom is -0.321 e. The Balaban J connectivity index is 1.87. The van der Waals surface area contributed by atoms with E-state index in [0.717, 1.165) is 5.56 Å². The Bertz CT molecular complexity index is 1420. The Morgan fingerprint density at radius 1 is 0.867 bits per heavy atom. The zero-order chi connectivity index (χ0) is 20.8. The predicted octanol–water partition coefficient (Wildman–Crippen LogP) is 5.19. The Morgan fingerprint density at radius 2 is 1.57 bits per heavy atom. The van der Waals surface area contributed by atoms with Crippen molar-refractivity contribution in [3.63, 3.8) is 0 Å². The number of para-hydroxylation sites is 3. The van der Waals surface area contributed by atoms with Gasteiger partial charge >= 0.3 is 0 Å². The number of anilines is 1. The number of fused-ring (bicyclic) bond motifs is 2. The topological polar surface area (TPSA) is 64.0 Å². The summed E-state index contributed by atoms with van der Waals surface area (Å²) in [6.07, 6.45) is 1.59. The molecular weight excluding hydrogens is 421 g/mol. The van der Waals surface area contributed by atoms with Crippen molar-refractivity contribution >= 4 is 57.3 Å². The van der Waals surface area contributed by atoms with Crippen LogP contribution >= 0.6 is 23.2 Å². The molecule has 1 amide bonds. The number of nitrogens with one attached hydrogen (secondary N) is 1. The molecule has 4 aromatic rings. The lowest BCUT2D eigenvalue weighted by Gasteiger charge is -2.14. The Morgan fingerprint density at radius 3 is 2.37 bits per heavy atom. The molecule has 7 heteroatoms. The lowest BCUT2D eigenvalue weighted by atomic mass is 10.1. The fourth-order valence-corrected chi connectivity index (χ4v) is 4.14. The fourth-order valence-electron chi connectivity index (χ4n) is 3.58. The number of aromatic nitrogens is 2. The van der Waals surface area contributed by atoms with Crippen LogP contribution in [-0.4, -0.2) is 15.5 Å². The number of amides is 1. The zero-order valence-electron chi connectivity index (χ0n) is 15.4. The molecule has 0 saturated carbocycles. The van der Waals surface area contributed by atoms with Gasteiger partial charge in [-0.3, -0.25) is 14.2 Å². The molecule has 1 aliphatic heterocycles. The summed E-state index contributed by atoms with van der Waals surface area (Å²) in [6.45, 7) is 0. The van der Waals surface area contributed by atoms with Gasteiger partial charge in [0.25, 0.3) is 11.5 Å². The number of benzene rings is 3. The maximum Gasteiger partial charge on any atom is 0.266 e. The van der Waals surface area contributed by atoms with Crippen molar-refractivity contribution in [1.82, 2.24) is 9.55 Å². The van der Waals surface area contributed by atoms with E-state index in [2.05, 4.69) is 10.3 Å². The third-order valence-electron chi connectivity index (χ3n) is 4.95. The monoisotopic (exact) mass is 433 g/mol. The van der Waals surface area contributed by atoms with E-state index in [9.17, 15) is 9.59 Å². The van der Waals surface area contributed by atoms with E-state index >= 15 is 0 Å². The Kier molecular flexibility index (Phi) is 4.42. The number of carbonyl (C=O) groups excluding carboxylic acids is 1. The lowest BCUT2D eigenvalue weighted by Crippen LogP contribution is -2.23. The average molecular weight is 434 g/mol. The van der Waals surface area contributed by atoms with Crippen molar-refractivity contribution in [2.45, 2.75) is 0 Å². The molecule has 30 heavy (non-hydrogen) atoms. The first-order valence-electron chi connectivity index (χ1n) is 9.13. The van der Waals surface area contributed by atoms with Crippen LogP contribution < -0.4 is 10.9 Å². The van der Waals surface area contributed by atoms with Crippen LogP contribution in [0.4, 0.5) is 5.69 Å². The molecule has 146 valence electrons. The fraction of sp³-hybridized carbons (Fsp3) is 0. The summed E-state index contributed by atoms with van der Waals surface area (Å²) < 4.78 is 1.36. The molecule has 5 nitrogen and oxygen atoms in total. The van der Waals surface area contributed by atoms with E-state index in [-0.39, 0.29) is 17.3 Å². The van der Waals surface area contributed by atoms with E-state index in [1.54, 1.807) is 48.5 Å². The van der Waals surface area contributed by atoms with Gasteiger partial charge in [-0.2, -0.15) is 0 Å². The van der Waals surface area contributed by atoms with E-state index in [4.69, 9.17) is 23.2 Å². The molecule has 2 heterocycles. The molecule has 0 radical (unpaired) electrons. The summed E-state index contributed by atoms with van der Waals surface area (Å²) in [5, 5.41) is 3.86. The van der Waals surface area contributed by atoms with E-state index in [0.29, 0.717) is 37.9 Å². The number of rotatable bonds is 2. The minimum absolute atomic E-state index is 0.260. The van der Waals surface area contributed by atoms with Crippen molar-refractivity contribution in [2.24, 2.45) is 0 Å². The number of hydrogen-bond acceptors (Lipinski definition) is 3. The van der Waals surface area contributed by atoms with Gasteiger partial charge in [0.15, 0.2) is 0 Å². The van der Waals surface area contributed by atoms with Crippen molar-refractivity contribution in [3.8, 4) is 5.69 Å². The lowest BCUT2D eigenvalue weighted by molar-refractivity contribution is -0.110. The normalized spacial score (nSPS) is 14.2. The maximum absolute atomic E-state index is 13.4. The molecule has 0 aliphatic carbocycles. The van der Waals surface area contributed by atoms with Crippen LogP contribution in [0.1, 0.15) is 11.4 Å². The molecule has 1 N–H and O–H groups in total. The third kappa shape index (κ3) is 2.91. The van der Waals surface area contributed by atoms with E-state index in [1.807, 2.05) is 24.3 Å². The van der Waals surface area contributed by atoms with Crippen molar-refractivity contribution < 1.29 is 4.79 Å². The summed E-state index contributed by atoms with van der Waals surface area (Å²) in [5.41, 5.74) is 2.36. The van der Waals surface area contributed by atoms with Gasteiger partial charge in [0, 0.05) is 11.3 Å². The minimum atomic E-state index is -0.325. The smallest absolute Gasteiger partial charge is 0.266 e. The van der Waals surface area contributed by atoms with Gasteiger partial charge < -0.3 is 5.32 Å². The highest BCUT2D eigenvalue weighted by Crippen LogP contribution is 2.34. The Labute approximate surface area is 181 Å². The van der Waals surface area contributed by atoms with Crippen LogP contribution in [0.25, 0.3) is 28.2 Å². The number of halogens is 2. The van der Waals surface area contributed by atoms with Crippen molar-refractivity contribution in [2.75, 3.05) is 5.32 Å². The standard InChI is InChI=1S/C23H13Cl2N3O2/c24-16-8-5-9-17(25)21(16)28-20(26-19-11-4-2-7-14(19)23(28)30)12-15-13-6-1-3-10-18(13)27-22(15)29/h1-12H,(H,27,29)/b15-12-. The highest BCUT2D eigenvalue weighted by Gasteiger charge is 2.25. The molecule has 0 bridgehead atoms. The summed E-state index contributed by atoms with van der Waals surface area (Å²) in [7, 11) is 0. The number of nitrogens with zero attached hydrogens (tertiary/aromatic N) is 2. The van der Waals surface area contributed by atoms with Gasteiger partial charge in [0.2, 0.25) is 0 Å². The quantitative estimate of drug-likeness (QED) is 0.442. The molecule has 5 rings (SSSR count). The van der Waals surface area contributed by atoms with Crippen LogP contribution in [0.3, 0.4) is 0 Å². The van der Waals surface area contributed by atoms with Crippen LogP contribution in [0.2, 0.25) is 10.0 Å². The van der Waals surface area contributed by atoms with Crippen molar-refractivity contribution in [1.29, 1.82) is 0 Å². The Hall–Kier alpha value is -3.41. The number of carbonyl (C=O) groups is 1. The van der Waals surface area contributed by atoms with Crippen molar-refractivity contribution in [3.05, 3.63) is 98.5 Å².